The molecule has 0 saturated heterocycles. The molecule has 0 aromatic heterocycles. The van der Waals surface area contributed by atoms with Crippen molar-refractivity contribution in [3.8, 4) is 5.75 Å². The molecule has 0 radical (unpaired) electrons. The van der Waals surface area contributed by atoms with Gasteiger partial charge >= 0.3 is 0 Å². The maximum absolute atomic E-state index is 12.9. The standard InChI is InChI=1S/C21H28N2O4S/c1-6-23(7-2)28(25,26)18-14-12-17(13-15-18)21(24)22(4)16(3)19-10-8-9-11-20(19)27-5/h8-16H,6-7H2,1-5H3. The van der Waals surface area contributed by atoms with Gasteiger partial charge in [-0.15, -0.1) is 0 Å². The minimum Gasteiger partial charge on any atom is -0.496 e. The molecule has 1 amide bonds. The SMILES string of the molecule is CCN(CC)S(=O)(=O)c1ccc(C(=O)N(C)C(C)c2ccccc2OC)cc1. The summed E-state index contributed by atoms with van der Waals surface area (Å²) in [6.07, 6.45) is 0. The van der Waals surface area contributed by atoms with Crippen molar-refractivity contribution in [3.63, 3.8) is 0 Å². The summed E-state index contributed by atoms with van der Waals surface area (Å²) in [7, 11) is -0.218. The van der Waals surface area contributed by atoms with Crippen LogP contribution in [0.25, 0.3) is 0 Å². The van der Waals surface area contributed by atoms with Gasteiger partial charge in [-0.05, 0) is 37.3 Å². The van der Waals surface area contributed by atoms with Gasteiger partial charge in [0.05, 0.1) is 18.0 Å². The summed E-state index contributed by atoms with van der Waals surface area (Å²) >= 11 is 0. The number of nitrogens with zero attached hydrogens (tertiary/aromatic N) is 2. The molecule has 0 bridgehead atoms. The van der Waals surface area contributed by atoms with Crippen molar-refractivity contribution in [2.24, 2.45) is 0 Å². The monoisotopic (exact) mass is 404 g/mol. The van der Waals surface area contributed by atoms with Crippen LogP contribution in [-0.2, 0) is 10.0 Å². The second kappa shape index (κ2) is 9.21. The number of carbonyl (C=O) groups excluding carboxylic acids is 1. The molecule has 152 valence electrons. The number of rotatable bonds is 8. The average molecular weight is 405 g/mol. The number of ether oxygens (including phenoxy) is 1. The Bertz CT molecular complexity index is 906. The van der Waals surface area contributed by atoms with E-state index in [4.69, 9.17) is 4.74 Å². The third kappa shape index (κ3) is 4.36. The van der Waals surface area contributed by atoms with Gasteiger partial charge in [0.15, 0.2) is 0 Å². The molecule has 0 spiro atoms. The molecular formula is C21H28N2O4S. The molecule has 0 aliphatic heterocycles. The second-order valence-electron chi connectivity index (χ2n) is 6.45. The van der Waals surface area contributed by atoms with Gasteiger partial charge < -0.3 is 9.64 Å². The van der Waals surface area contributed by atoms with Crippen molar-refractivity contribution in [1.82, 2.24) is 9.21 Å². The highest BCUT2D eigenvalue weighted by molar-refractivity contribution is 7.89. The van der Waals surface area contributed by atoms with E-state index in [0.717, 1.165) is 11.3 Å². The van der Waals surface area contributed by atoms with E-state index in [1.54, 1.807) is 45.0 Å². The molecule has 6 nitrogen and oxygen atoms in total. The average Bonchev–Trinajstić information content (AvgIpc) is 2.72. The molecule has 2 rings (SSSR count). The largest absolute Gasteiger partial charge is 0.496 e. The summed E-state index contributed by atoms with van der Waals surface area (Å²) in [5.41, 5.74) is 1.34. The number of carbonyl (C=O) groups is 1. The summed E-state index contributed by atoms with van der Waals surface area (Å²) < 4.78 is 32.0. The Balaban J connectivity index is 2.25. The molecule has 0 N–H and O–H groups in total. The van der Waals surface area contributed by atoms with E-state index in [1.165, 1.54) is 16.4 Å². The van der Waals surface area contributed by atoms with Crippen LogP contribution in [0.15, 0.2) is 53.4 Å². The molecule has 0 aliphatic carbocycles. The zero-order valence-electron chi connectivity index (χ0n) is 17.0. The Labute approximate surface area is 167 Å². The van der Waals surface area contributed by atoms with Crippen molar-refractivity contribution < 1.29 is 17.9 Å². The Morgan fingerprint density at radius 1 is 1.04 bits per heavy atom. The van der Waals surface area contributed by atoms with Gasteiger partial charge in [0.1, 0.15) is 5.75 Å². The minimum absolute atomic E-state index is 0.188. The molecule has 2 aromatic carbocycles. The number of sulfonamides is 1. The highest BCUT2D eigenvalue weighted by Crippen LogP contribution is 2.29. The molecule has 28 heavy (non-hydrogen) atoms. The zero-order chi connectivity index (χ0) is 20.9. The minimum atomic E-state index is -3.54. The smallest absolute Gasteiger partial charge is 0.254 e. The third-order valence-electron chi connectivity index (χ3n) is 4.93. The quantitative estimate of drug-likeness (QED) is 0.675. The molecule has 1 atom stereocenters. The molecule has 1 unspecified atom stereocenters. The van der Waals surface area contributed by atoms with Crippen molar-refractivity contribution in [2.45, 2.75) is 31.7 Å². The first-order valence-electron chi connectivity index (χ1n) is 9.28. The van der Waals surface area contributed by atoms with Gasteiger partial charge in [0, 0.05) is 31.3 Å². The highest BCUT2D eigenvalue weighted by atomic mass is 32.2. The van der Waals surface area contributed by atoms with Crippen molar-refractivity contribution >= 4 is 15.9 Å². The fourth-order valence-corrected chi connectivity index (χ4v) is 4.54. The van der Waals surface area contributed by atoms with Gasteiger partial charge in [-0.3, -0.25) is 4.79 Å². The van der Waals surface area contributed by atoms with Crippen LogP contribution in [0.3, 0.4) is 0 Å². The Morgan fingerprint density at radius 2 is 1.61 bits per heavy atom. The Hall–Kier alpha value is -2.38. The van der Waals surface area contributed by atoms with Crippen molar-refractivity contribution in [1.29, 1.82) is 0 Å². The topological polar surface area (TPSA) is 66.9 Å². The van der Waals surface area contributed by atoms with Crippen LogP contribution in [0.4, 0.5) is 0 Å². The van der Waals surface area contributed by atoms with Gasteiger partial charge in [-0.25, -0.2) is 8.42 Å². The highest BCUT2D eigenvalue weighted by Gasteiger charge is 2.24. The number of para-hydroxylation sites is 1. The number of hydrogen-bond acceptors (Lipinski definition) is 4. The summed E-state index contributed by atoms with van der Waals surface area (Å²) in [4.78, 5) is 14.7. The van der Waals surface area contributed by atoms with Gasteiger partial charge in [-0.2, -0.15) is 4.31 Å². The van der Waals surface area contributed by atoms with Crippen molar-refractivity contribution in [3.05, 3.63) is 59.7 Å². The van der Waals surface area contributed by atoms with E-state index >= 15 is 0 Å². The molecular weight excluding hydrogens is 376 g/mol. The molecule has 0 aliphatic rings. The van der Waals surface area contributed by atoms with E-state index in [0.29, 0.717) is 18.7 Å². The lowest BCUT2D eigenvalue weighted by atomic mass is 10.0. The lowest BCUT2D eigenvalue weighted by Crippen LogP contribution is -2.31. The van der Waals surface area contributed by atoms with Crippen molar-refractivity contribution in [2.75, 3.05) is 27.2 Å². The van der Waals surface area contributed by atoms with E-state index in [1.807, 2.05) is 31.2 Å². The van der Waals surface area contributed by atoms with Crippen LogP contribution in [0.2, 0.25) is 0 Å². The maximum Gasteiger partial charge on any atom is 0.254 e. The first kappa shape index (κ1) is 21.9. The fraction of sp³-hybridized carbons (Fsp3) is 0.381. The lowest BCUT2D eigenvalue weighted by molar-refractivity contribution is 0.0741. The molecule has 7 heteroatoms. The third-order valence-corrected chi connectivity index (χ3v) is 7.00. The lowest BCUT2D eigenvalue weighted by Gasteiger charge is -2.27. The first-order valence-corrected chi connectivity index (χ1v) is 10.7. The number of benzene rings is 2. The van der Waals surface area contributed by atoms with Crippen LogP contribution in [0, 0.1) is 0 Å². The second-order valence-corrected chi connectivity index (χ2v) is 8.39. The summed E-state index contributed by atoms with van der Waals surface area (Å²) in [5, 5.41) is 0. The molecule has 0 heterocycles. The number of amides is 1. The van der Waals surface area contributed by atoms with Crippen LogP contribution in [0.5, 0.6) is 5.75 Å². The van der Waals surface area contributed by atoms with E-state index in [2.05, 4.69) is 0 Å². The summed E-state index contributed by atoms with van der Waals surface area (Å²) in [6, 6.07) is 13.5. The summed E-state index contributed by atoms with van der Waals surface area (Å²) in [5.74, 6) is 0.528. The Morgan fingerprint density at radius 3 is 2.14 bits per heavy atom. The molecule has 2 aromatic rings. The van der Waals surface area contributed by atoms with E-state index in [9.17, 15) is 13.2 Å². The van der Waals surface area contributed by atoms with Crippen LogP contribution in [-0.4, -0.2) is 50.8 Å². The number of hydrogen-bond donors (Lipinski definition) is 0. The first-order chi connectivity index (χ1) is 13.3. The van der Waals surface area contributed by atoms with Crippen LogP contribution >= 0.6 is 0 Å². The molecule has 0 fully saturated rings. The van der Waals surface area contributed by atoms with E-state index in [-0.39, 0.29) is 16.8 Å². The molecule has 0 saturated carbocycles. The Kier molecular flexibility index (Phi) is 7.21. The summed E-state index contributed by atoms with van der Waals surface area (Å²) in [6.45, 7) is 6.33. The van der Waals surface area contributed by atoms with E-state index < -0.39 is 10.0 Å². The van der Waals surface area contributed by atoms with Crippen LogP contribution < -0.4 is 4.74 Å². The predicted octanol–water partition coefficient (Wildman–Crippen LogP) is 3.56. The maximum atomic E-state index is 12.9. The fourth-order valence-electron chi connectivity index (χ4n) is 3.08. The van der Waals surface area contributed by atoms with Crippen LogP contribution in [0.1, 0.15) is 42.7 Å². The normalized spacial score (nSPS) is 12.6. The van der Waals surface area contributed by atoms with Gasteiger partial charge in [-0.1, -0.05) is 32.0 Å². The zero-order valence-corrected chi connectivity index (χ0v) is 17.9. The number of methoxy groups -OCH3 is 1. The predicted molar refractivity (Wildman–Crippen MR) is 110 cm³/mol. The van der Waals surface area contributed by atoms with Gasteiger partial charge in [0.2, 0.25) is 10.0 Å². The van der Waals surface area contributed by atoms with Gasteiger partial charge in [0.25, 0.3) is 5.91 Å².